The van der Waals surface area contributed by atoms with Crippen molar-refractivity contribution in [1.82, 2.24) is 4.31 Å². The Bertz CT molecular complexity index is 944. The Balaban J connectivity index is 1.65. The van der Waals surface area contributed by atoms with Gasteiger partial charge < -0.3 is 10.1 Å². The molecule has 2 aromatic rings. The van der Waals surface area contributed by atoms with Crippen LogP contribution in [0.4, 0.5) is 10.1 Å². The Labute approximate surface area is 170 Å². The number of anilines is 1. The number of amides is 1. The van der Waals surface area contributed by atoms with Crippen LogP contribution in [0.1, 0.15) is 26.7 Å². The molecule has 0 radical (unpaired) electrons. The third-order valence-electron chi connectivity index (χ3n) is 4.70. The van der Waals surface area contributed by atoms with E-state index in [1.165, 1.54) is 16.4 Å². The molecule has 156 valence electrons. The zero-order chi connectivity index (χ0) is 21.0. The maximum absolute atomic E-state index is 13.1. The molecule has 1 N–H and O–H groups in total. The van der Waals surface area contributed by atoms with Crippen LogP contribution in [0.5, 0.6) is 5.75 Å². The second-order valence-electron chi connectivity index (χ2n) is 7.34. The van der Waals surface area contributed by atoms with Crippen LogP contribution in [0.25, 0.3) is 0 Å². The summed E-state index contributed by atoms with van der Waals surface area (Å²) in [6.07, 6.45) is 1.25. The molecule has 1 fully saturated rings. The van der Waals surface area contributed by atoms with E-state index in [-0.39, 0.29) is 23.5 Å². The molecule has 29 heavy (non-hydrogen) atoms. The lowest BCUT2D eigenvalue weighted by atomic mass is 9.99. The minimum atomic E-state index is -3.77. The van der Waals surface area contributed by atoms with Gasteiger partial charge in [0.25, 0.3) is 0 Å². The van der Waals surface area contributed by atoms with Crippen molar-refractivity contribution in [3.05, 3.63) is 54.3 Å². The summed E-state index contributed by atoms with van der Waals surface area (Å²) >= 11 is 0. The Morgan fingerprint density at radius 1 is 1.14 bits per heavy atom. The van der Waals surface area contributed by atoms with E-state index >= 15 is 0 Å². The molecule has 1 heterocycles. The fourth-order valence-electron chi connectivity index (χ4n) is 3.26. The quantitative estimate of drug-likeness (QED) is 0.774. The van der Waals surface area contributed by atoms with Crippen molar-refractivity contribution in [2.24, 2.45) is 5.92 Å². The fourth-order valence-corrected chi connectivity index (χ4v) is 4.79. The van der Waals surface area contributed by atoms with Crippen molar-refractivity contribution in [2.45, 2.75) is 37.7 Å². The van der Waals surface area contributed by atoms with Crippen LogP contribution < -0.4 is 10.1 Å². The molecule has 0 aromatic heterocycles. The second-order valence-corrected chi connectivity index (χ2v) is 9.27. The third-order valence-corrected chi connectivity index (χ3v) is 6.58. The minimum absolute atomic E-state index is 0.0284. The van der Waals surface area contributed by atoms with Gasteiger partial charge in [0.1, 0.15) is 11.6 Å². The highest BCUT2D eigenvalue weighted by molar-refractivity contribution is 7.89. The van der Waals surface area contributed by atoms with Crippen molar-refractivity contribution in [3.63, 3.8) is 0 Å². The van der Waals surface area contributed by atoms with Gasteiger partial charge in [-0.3, -0.25) is 4.79 Å². The van der Waals surface area contributed by atoms with Gasteiger partial charge in [-0.05, 0) is 75.2 Å². The van der Waals surface area contributed by atoms with Crippen LogP contribution >= 0.6 is 0 Å². The van der Waals surface area contributed by atoms with Crippen LogP contribution in [0.15, 0.2) is 53.4 Å². The lowest BCUT2D eigenvalue weighted by molar-refractivity contribution is -0.120. The van der Waals surface area contributed by atoms with Gasteiger partial charge in [-0.15, -0.1) is 0 Å². The number of sulfonamides is 1. The average Bonchev–Trinajstić information content (AvgIpc) is 2.69. The maximum atomic E-state index is 13.1. The van der Waals surface area contributed by atoms with E-state index in [1.807, 2.05) is 13.8 Å². The summed E-state index contributed by atoms with van der Waals surface area (Å²) in [5.41, 5.74) is 0.629. The smallest absolute Gasteiger partial charge is 0.243 e. The molecule has 1 amide bonds. The fraction of sp³-hybridized carbons (Fsp3) is 0.381. The van der Waals surface area contributed by atoms with E-state index in [2.05, 4.69) is 5.32 Å². The molecule has 1 atom stereocenters. The number of carbonyl (C=O) groups is 1. The predicted octanol–water partition coefficient (Wildman–Crippen LogP) is 3.65. The van der Waals surface area contributed by atoms with Gasteiger partial charge in [0, 0.05) is 18.8 Å². The average molecular weight is 421 g/mol. The molecule has 0 aliphatic carbocycles. The van der Waals surface area contributed by atoms with E-state index in [4.69, 9.17) is 4.74 Å². The number of piperidine rings is 1. The number of carbonyl (C=O) groups excluding carboxylic acids is 1. The number of benzene rings is 2. The number of hydrogen-bond acceptors (Lipinski definition) is 4. The molecular formula is C21H25FN2O4S. The first-order valence-corrected chi connectivity index (χ1v) is 11.0. The van der Waals surface area contributed by atoms with Crippen molar-refractivity contribution in [1.29, 1.82) is 0 Å². The van der Waals surface area contributed by atoms with Crippen LogP contribution in [-0.2, 0) is 14.8 Å². The van der Waals surface area contributed by atoms with E-state index in [9.17, 15) is 17.6 Å². The van der Waals surface area contributed by atoms with Gasteiger partial charge in [-0.25, -0.2) is 12.8 Å². The first-order chi connectivity index (χ1) is 13.8. The molecule has 2 aromatic carbocycles. The molecule has 1 saturated heterocycles. The third kappa shape index (κ3) is 5.33. The topological polar surface area (TPSA) is 75.7 Å². The highest BCUT2D eigenvalue weighted by atomic mass is 32.2. The van der Waals surface area contributed by atoms with Crippen LogP contribution in [0, 0.1) is 11.7 Å². The first kappa shape index (κ1) is 21.3. The summed E-state index contributed by atoms with van der Waals surface area (Å²) < 4.78 is 45.6. The van der Waals surface area contributed by atoms with Gasteiger partial charge >= 0.3 is 0 Å². The van der Waals surface area contributed by atoms with Crippen molar-refractivity contribution in [3.8, 4) is 5.75 Å². The molecule has 8 heteroatoms. The van der Waals surface area contributed by atoms with Gasteiger partial charge in [0.15, 0.2) is 0 Å². The summed E-state index contributed by atoms with van der Waals surface area (Å²) in [6, 6.07) is 11.8. The van der Waals surface area contributed by atoms with E-state index < -0.39 is 21.8 Å². The van der Waals surface area contributed by atoms with E-state index in [1.54, 1.807) is 24.3 Å². The van der Waals surface area contributed by atoms with Crippen LogP contribution in [-0.4, -0.2) is 37.8 Å². The normalized spacial score (nSPS) is 17.9. The van der Waals surface area contributed by atoms with Gasteiger partial charge in [-0.2, -0.15) is 4.31 Å². The van der Waals surface area contributed by atoms with Crippen molar-refractivity contribution >= 4 is 21.6 Å². The van der Waals surface area contributed by atoms with Crippen molar-refractivity contribution in [2.75, 3.05) is 18.4 Å². The number of nitrogens with zero attached hydrogens (tertiary/aromatic N) is 1. The number of ether oxygens (including phenoxy) is 1. The molecule has 0 spiro atoms. The minimum Gasteiger partial charge on any atom is -0.491 e. The van der Waals surface area contributed by atoms with Gasteiger partial charge in [0.2, 0.25) is 15.9 Å². The molecular weight excluding hydrogens is 395 g/mol. The molecule has 1 unspecified atom stereocenters. The number of hydrogen-bond donors (Lipinski definition) is 1. The van der Waals surface area contributed by atoms with Crippen LogP contribution in [0.2, 0.25) is 0 Å². The second kappa shape index (κ2) is 8.92. The molecule has 1 aliphatic rings. The maximum Gasteiger partial charge on any atom is 0.243 e. The lowest BCUT2D eigenvalue weighted by Gasteiger charge is -2.31. The van der Waals surface area contributed by atoms with Gasteiger partial charge in [-0.1, -0.05) is 0 Å². The molecule has 1 aliphatic heterocycles. The standard InChI is InChI=1S/C21H25FN2O4S/c1-15(2)28-19-9-7-18(8-10-19)23-21(25)16-4-3-13-24(14-16)29(26,27)20-11-5-17(22)6-12-20/h5-12,15-16H,3-4,13-14H2,1-2H3,(H,23,25). The van der Waals surface area contributed by atoms with Crippen molar-refractivity contribution < 1.29 is 22.3 Å². The number of halogens is 1. The predicted molar refractivity (Wildman–Crippen MR) is 109 cm³/mol. The highest BCUT2D eigenvalue weighted by Crippen LogP contribution is 2.25. The highest BCUT2D eigenvalue weighted by Gasteiger charge is 2.33. The molecule has 3 rings (SSSR count). The Morgan fingerprint density at radius 2 is 1.79 bits per heavy atom. The lowest BCUT2D eigenvalue weighted by Crippen LogP contribution is -2.43. The van der Waals surface area contributed by atoms with E-state index in [0.29, 0.717) is 30.8 Å². The Kier molecular flexibility index (Phi) is 6.54. The summed E-state index contributed by atoms with van der Waals surface area (Å²) in [4.78, 5) is 12.7. The first-order valence-electron chi connectivity index (χ1n) is 9.59. The number of rotatable bonds is 6. The summed E-state index contributed by atoms with van der Waals surface area (Å²) in [5, 5.41) is 2.85. The number of nitrogens with one attached hydrogen (secondary N) is 1. The summed E-state index contributed by atoms with van der Waals surface area (Å²) in [7, 11) is -3.77. The zero-order valence-corrected chi connectivity index (χ0v) is 17.3. The molecule has 0 saturated carbocycles. The zero-order valence-electron chi connectivity index (χ0n) is 16.5. The molecule has 0 bridgehead atoms. The monoisotopic (exact) mass is 420 g/mol. The van der Waals surface area contributed by atoms with Crippen LogP contribution in [0.3, 0.4) is 0 Å². The van der Waals surface area contributed by atoms with E-state index in [0.717, 1.165) is 12.1 Å². The van der Waals surface area contributed by atoms with Gasteiger partial charge in [0.05, 0.1) is 16.9 Å². The Morgan fingerprint density at radius 3 is 2.41 bits per heavy atom. The summed E-state index contributed by atoms with van der Waals surface area (Å²) in [6.45, 7) is 4.31. The summed E-state index contributed by atoms with van der Waals surface area (Å²) in [5.74, 6) is -0.455. The molecule has 6 nitrogen and oxygen atoms in total. The Hall–Kier alpha value is -2.45. The largest absolute Gasteiger partial charge is 0.491 e. The SMILES string of the molecule is CC(C)Oc1ccc(NC(=O)C2CCCN(S(=O)(=O)c3ccc(F)cc3)C2)cc1.